The summed E-state index contributed by atoms with van der Waals surface area (Å²) in [5.41, 5.74) is 12.7. The van der Waals surface area contributed by atoms with Gasteiger partial charge in [-0.05, 0) is 86.6 Å². The molecule has 0 saturated heterocycles. The SMILES string of the molecule is CC1(C)c2ccccc2-c2c1ccc1oc3c(N(c4ccccc4)c4ccc(-c5ccc6ccccc6c5)cc4)cccc3c21. The highest BCUT2D eigenvalue weighted by Gasteiger charge is 2.37. The number of rotatable bonds is 4. The Kier molecular flexibility index (Phi) is 5.58. The molecule has 0 N–H and O–H groups in total. The lowest BCUT2D eigenvalue weighted by Crippen LogP contribution is -2.14. The van der Waals surface area contributed by atoms with Crippen LogP contribution >= 0.6 is 0 Å². The van der Waals surface area contributed by atoms with Crippen molar-refractivity contribution in [3.05, 3.63) is 163 Å². The maximum Gasteiger partial charge on any atom is 0.159 e. The fraction of sp³-hybridized carbons (Fsp3) is 0.0698. The van der Waals surface area contributed by atoms with Gasteiger partial charge in [-0.25, -0.2) is 0 Å². The van der Waals surface area contributed by atoms with E-state index in [0.717, 1.165) is 33.6 Å². The molecule has 0 atom stereocenters. The maximum absolute atomic E-state index is 6.81. The largest absolute Gasteiger partial charge is 0.454 e. The van der Waals surface area contributed by atoms with E-state index in [9.17, 15) is 0 Å². The molecule has 1 aromatic heterocycles. The van der Waals surface area contributed by atoms with E-state index >= 15 is 0 Å². The summed E-state index contributed by atoms with van der Waals surface area (Å²) >= 11 is 0. The summed E-state index contributed by atoms with van der Waals surface area (Å²) in [6.45, 7) is 4.66. The quantitative estimate of drug-likeness (QED) is 0.207. The van der Waals surface area contributed by atoms with Crippen LogP contribution in [0.15, 0.2) is 156 Å². The number of nitrogens with zero attached hydrogens (tertiary/aromatic N) is 1. The highest BCUT2D eigenvalue weighted by atomic mass is 16.3. The Morgan fingerprint density at radius 2 is 1.24 bits per heavy atom. The first-order valence-electron chi connectivity index (χ1n) is 15.6. The fourth-order valence-corrected chi connectivity index (χ4v) is 7.42. The van der Waals surface area contributed by atoms with E-state index in [1.54, 1.807) is 0 Å². The minimum Gasteiger partial charge on any atom is -0.454 e. The van der Waals surface area contributed by atoms with Crippen molar-refractivity contribution in [2.45, 2.75) is 19.3 Å². The van der Waals surface area contributed by atoms with Crippen LogP contribution in [0.4, 0.5) is 17.1 Å². The van der Waals surface area contributed by atoms with Crippen LogP contribution in [0.2, 0.25) is 0 Å². The number of benzene rings is 7. The van der Waals surface area contributed by atoms with Gasteiger partial charge in [0.15, 0.2) is 5.58 Å². The molecule has 0 fully saturated rings. The molecule has 0 saturated carbocycles. The van der Waals surface area contributed by atoms with Crippen molar-refractivity contribution in [2.24, 2.45) is 0 Å². The maximum atomic E-state index is 6.81. The molecule has 0 unspecified atom stereocenters. The predicted octanol–water partition coefficient (Wildman–Crippen LogP) is 12.2. The number of hydrogen-bond donors (Lipinski definition) is 0. The van der Waals surface area contributed by atoms with Gasteiger partial charge in [-0.2, -0.15) is 0 Å². The Bertz CT molecular complexity index is 2400. The number of para-hydroxylation sites is 2. The number of fused-ring (bicyclic) bond motifs is 8. The summed E-state index contributed by atoms with van der Waals surface area (Å²) in [5, 5.41) is 4.84. The van der Waals surface area contributed by atoms with Crippen molar-refractivity contribution >= 4 is 49.8 Å². The standard InChI is InChI=1S/C43H31NO/c1-43(2)36-17-9-8-15-34(36)40-37(43)25-26-39-41(40)35-16-10-18-38(42(35)45-39)44(32-13-4-3-5-14-32)33-23-21-29(22-24-33)31-20-19-28-11-6-7-12-30(28)27-31/h3-27H,1-2H3. The average molecular weight is 578 g/mol. The van der Waals surface area contributed by atoms with Gasteiger partial charge in [-0.3, -0.25) is 0 Å². The van der Waals surface area contributed by atoms with E-state index in [1.165, 1.54) is 49.5 Å². The van der Waals surface area contributed by atoms with E-state index in [-0.39, 0.29) is 5.41 Å². The lowest BCUT2D eigenvalue weighted by molar-refractivity contribution is 0.656. The van der Waals surface area contributed by atoms with Crippen LogP contribution in [-0.4, -0.2) is 0 Å². The van der Waals surface area contributed by atoms with Crippen molar-refractivity contribution in [1.29, 1.82) is 0 Å². The van der Waals surface area contributed by atoms with Crippen LogP contribution in [-0.2, 0) is 5.41 Å². The summed E-state index contributed by atoms with van der Waals surface area (Å²) in [6.07, 6.45) is 0. The van der Waals surface area contributed by atoms with Gasteiger partial charge < -0.3 is 9.32 Å². The van der Waals surface area contributed by atoms with Crippen LogP contribution < -0.4 is 4.90 Å². The second-order valence-electron chi connectivity index (χ2n) is 12.6. The summed E-state index contributed by atoms with van der Waals surface area (Å²) in [7, 11) is 0. The Labute approximate surface area is 262 Å². The molecule has 7 aromatic carbocycles. The molecule has 9 rings (SSSR count). The number of furan rings is 1. The van der Waals surface area contributed by atoms with Gasteiger partial charge >= 0.3 is 0 Å². The molecule has 0 aliphatic heterocycles. The lowest BCUT2D eigenvalue weighted by Gasteiger charge is -2.25. The minimum absolute atomic E-state index is 0.0653. The predicted molar refractivity (Wildman–Crippen MR) is 189 cm³/mol. The Morgan fingerprint density at radius 3 is 2.09 bits per heavy atom. The van der Waals surface area contributed by atoms with E-state index in [2.05, 4.69) is 170 Å². The molecule has 2 nitrogen and oxygen atoms in total. The summed E-state index contributed by atoms with van der Waals surface area (Å²) < 4.78 is 6.81. The zero-order valence-corrected chi connectivity index (χ0v) is 25.3. The van der Waals surface area contributed by atoms with Gasteiger partial charge in [0.2, 0.25) is 0 Å². The van der Waals surface area contributed by atoms with Gasteiger partial charge in [0, 0.05) is 27.6 Å². The highest BCUT2D eigenvalue weighted by molar-refractivity contribution is 6.17. The molecule has 0 spiro atoms. The molecule has 1 heterocycles. The molecule has 8 aromatic rings. The van der Waals surface area contributed by atoms with E-state index in [1.807, 2.05) is 0 Å². The molecular formula is C43H31NO. The molecule has 0 amide bonds. The van der Waals surface area contributed by atoms with Crippen LogP contribution in [0.3, 0.4) is 0 Å². The third-order valence-electron chi connectivity index (χ3n) is 9.65. The third-order valence-corrected chi connectivity index (χ3v) is 9.65. The van der Waals surface area contributed by atoms with E-state index < -0.39 is 0 Å². The van der Waals surface area contributed by atoms with Crippen molar-refractivity contribution in [3.63, 3.8) is 0 Å². The van der Waals surface area contributed by atoms with Crippen LogP contribution in [0.5, 0.6) is 0 Å². The highest BCUT2D eigenvalue weighted by Crippen LogP contribution is 2.53. The monoisotopic (exact) mass is 577 g/mol. The second-order valence-corrected chi connectivity index (χ2v) is 12.6. The zero-order chi connectivity index (χ0) is 30.1. The van der Waals surface area contributed by atoms with Crippen LogP contribution in [0, 0.1) is 0 Å². The van der Waals surface area contributed by atoms with E-state index in [4.69, 9.17) is 4.42 Å². The molecule has 0 radical (unpaired) electrons. The molecule has 1 aliphatic rings. The summed E-state index contributed by atoms with van der Waals surface area (Å²) in [6, 6.07) is 54.5. The molecule has 1 aliphatic carbocycles. The third kappa shape index (κ3) is 3.89. The Morgan fingerprint density at radius 1 is 0.533 bits per heavy atom. The van der Waals surface area contributed by atoms with Crippen molar-refractivity contribution in [2.75, 3.05) is 4.90 Å². The Balaban J connectivity index is 1.23. The van der Waals surface area contributed by atoms with Crippen molar-refractivity contribution < 1.29 is 4.42 Å². The van der Waals surface area contributed by atoms with Gasteiger partial charge in [0.05, 0.1) is 5.69 Å². The summed E-state index contributed by atoms with van der Waals surface area (Å²) in [5.74, 6) is 0. The fourth-order valence-electron chi connectivity index (χ4n) is 7.42. The topological polar surface area (TPSA) is 16.4 Å². The van der Waals surface area contributed by atoms with Gasteiger partial charge in [0.25, 0.3) is 0 Å². The average Bonchev–Trinajstić information content (AvgIpc) is 3.58. The van der Waals surface area contributed by atoms with Crippen LogP contribution in [0.1, 0.15) is 25.0 Å². The zero-order valence-electron chi connectivity index (χ0n) is 25.3. The summed E-state index contributed by atoms with van der Waals surface area (Å²) in [4.78, 5) is 2.31. The smallest absolute Gasteiger partial charge is 0.159 e. The first-order valence-corrected chi connectivity index (χ1v) is 15.6. The normalized spacial score (nSPS) is 13.3. The second kappa shape index (κ2) is 9.70. The number of anilines is 3. The van der Waals surface area contributed by atoms with Gasteiger partial charge in [-0.15, -0.1) is 0 Å². The lowest BCUT2D eigenvalue weighted by atomic mass is 9.82. The van der Waals surface area contributed by atoms with Crippen LogP contribution in [0.25, 0.3) is 55.0 Å². The number of hydrogen-bond acceptors (Lipinski definition) is 2. The van der Waals surface area contributed by atoms with Gasteiger partial charge in [-0.1, -0.05) is 123 Å². The molecule has 0 bridgehead atoms. The Hall–Kier alpha value is -5.60. The van der Waals surface area contributed by atoms with Crippen molar-refractivity contribution in [1.82, 2.24) is 0 Å². The van der Waals surface area contributed by atoms with Crippen molar-refractivity contribution in [3.8, 4) is 22.3 Å². The van der Waals surface area contributed by atoms with Gasteiger partial charge in [0.1, 0.15) is 5.58 Å². The first-order chi connectivity index (χ1) is 22.1. The van der Waals surface area contributed by atoms with E-state index in [0.29, 0.717) is 0 Å². The molecule has 2 heteroatoms. The first kappa shape index (κ1) is 25.9. The molecular weight excluding hydrogens is 546 g/mol. The molecule has 214 valence electrons. The minimum atomic E-state index is -0.0653. The molecule has 45 heavy (non-hydrogen) atoms.